The summed E-state index contributed by atoms with van der Waals surface area (Å²) in [4.78, 5) is 2.55. The number of hydrogen-bond acceptors (Lipinski definition) is 3. The molecule has 16 heavy (non-hydrogen) atoms. The van der Waals surface area contributed by atoms with Crippen molar-refractivity contribution < 1.29 is 0 Å². The number of nitrogens with zero attached hydrogens (tertiary/aromatic N) is 1. The molecule has 1 atom stereocenters. The van der Waals surface area contributed by atoms with Crippen LogP contribution in [0, 0.1) is 5.92 Å². The highest BCUT2D eigenvalue weighted by atomic mass is 15.1. The molecule has 0 spiro atoms. The molecule has 1 heterocycles. The average molecular weight is 227 g/mol. The van der Waals surface area contributed by atoms with Crippen molar-refractivity contribution in [3.63, 3.8) is 0 Å². The average Bonchev–Trinajstić information content (AvgIpc) is 2.34. The van der Waals surface area contributed by atoms with E-state index in [1.165, 1.54) is 38.9 Å². The first-order valence-electron chi connectivity index (χ1n) is 6.93. The zero-order valence-corrected chi connectivity index (χ0v) is 11.0. The SMILES string of the molecule is CCN1CCC(C(C)NCCCCN)CC1. The van der Waals surface area contributed by atoms with Crippen LogP contribution in [0.5, 0.6) is 0 Å². The normalized spacial score (nSPS) is 21.2. The maximum absolute atomic E-state index is 5.49. The fourth-order valence-corrected chi connectivity index (χ4v) is 2.53. The van der Waals surface area contributed by atoms with E-state index in [9.17, 15) is 0 Å². The van der Waals surface area contributed by atoms with Crippen molar-refractivity contribution in [1.82, 2.24) is 10.2 Å². The van der Waals surface area contributed by atoms with Gasteiger partial charge >= 0.3 is 0 Å². The van der Waals surface area contributed by atoms with E-state index < -0.39 is 0 Å². The lowest BCUT2D eigenvalue weighted by molar-refractivity contribution is 0.169. The fraction of sp³-hybridized carbons (Fsp3) is 1.00. The molecule has 96 valence electrons. The van der Waals surface area contributed by atoms with Crippen molar-refractivity contribution in [1.29, 1.82) is 0 Å². The molecule has 1 aliphatic heterocycles. The lowest BCUT2D eigenvalue weighted by Crippen LogP contribution is -2.42. The van der Waals surface area contributed by atoms with E-state index in [1.54, 1.807) is 0 Å². The standard InChI is InChI=1S/C13H29N3/c1-3-16-10-6-13(7-11-16)12(2)15-9-5-4-8-14/h12-13,15H,3-11,14H2,1-2H3. The van der Waals surface area contributed by atoms with E-state index in [0.717, 1.165) is 25.4 Å². The topological polar surface area (TPSA) is 41.3 Å². The highest BCUT2D eigenvalue weighted by molar-refractivity contribution is 4.79. The summed E-state index contributed by atoms with van der Waals surface area (Å²) in [6, 6.07) is 0.678. The predicted octanol–water partition coefficient (Wildman–Crippen LogP) is 1.44. The van der Waals surface area contributed by atoms with Crippen LogP contribution in [0.4, 0.5) is 0 Å². The minimum Gasteiger partial charge on any atom is -0.330 e. The molecule has 3 nitrogen and oxygen atoms in total. The number of nitrogens with one attached hydrogen (secondary N) is 1. The summed E-state index contributed by atoms with van der Waals surface area (Å²) in [6.45, 7) is 10.3. The van der Waals surface area contributed by atoms with Crippen molar-refractivity contribution >= 4 is 0 Å². The van der Waals surface area contributed by atoms with Gasteiger partial charge in [0.15, 0.2) is 0 Å². The molecule has 0 aromatic heterocycles. The molecule has 1 aliphatic rings. The number of rotatable bonds is 7. The molecule has 3 N–H and O–H groups in total. The first kappa shape index (κ1) is 13.9. The molecule has 0 saturated carbocycles. The van der Waals surface area contributed by atoms with Gasteiger partial charge in [0, 0.05) is 6.04 Å². The molecule has 0 bridgehead atoms. The van der Waals surface area contributed by atoms with Gasteiger partial charge < -0.3 is 16.0 Å². The lowest BCUT2D eigenvalue weighted by atomic mass is 9.90. The predicted molar refractivity (Wildman–Crippen MR) is 70.6 cm³/mol. The molecule has 1 unspecified atom stereocenters. The van der Waals surface area contributed by atoms with E-state index in [-0.39, 0.29) is 0 Å². The van der Waals surface area contributed by atoms with Crippen LogP contribution < -0.4 is 11.1 Å². The molecule has 1 fully saturated rings. The molecule has 0 amide bonds. The third kappa shape index (κ3) is 4.81. The maximum atomic E-state index is 5.49. The minimum absolute atomic E-state index is 0.678. The zero-order valence-electron chi connectivity index (χ0n) is 11.0. The quantitative estimate of drug-likeness (QED) is 0.647. The van der Waals surface area contributed by atoms with Crippen LogP contribution in [0.1, 0.15) is 39.5 Å². The smallest absolute Gasteiger partial charge is 0.00679 e. The molecule has 0 aliphatic carbocycles. The van der Waals surface area contributed by atoms with E-state index in [1.807, 2.05) is 0 Å². The largest absolute Gasteiger partial charge is 0.330 e. The van der Waals surface area contributed by atoms with Crippen molar-refractivity contribution in [3.05, 3.63) is 0 Å². The molecule has 0 aromatic carbocycles. The van der Waals surface area contributed by atoms with Gasteiger partial charge in [0.05, 0.1) is 0 Å². The Kier molecular flexibility index (Phi) is 7.01. The van der Waals surface area contributed by atoms with Gasteiger partial charge in [-0.3, -0.25) is 0 Å². The Morgan fingerprint density at radius 2 is 2.00 bits per heavy atom. The monoisotopic (exact) mass is 227 g/mol. The van der Waals surface area contributed by atoms with E-state index in [2.05, 4.69) is 24.1 Å². The summed E-state index contributed by atoms with van der Waals surface area (Å²) in [5, 5.41) is 3.65. The summed E-state index contributed by atoms with van der Waals surface area (Å²) in [5.41, 5.74) is 5.49. The van der Waals surface area contributed by atoms with Gasteiger partial charge in [0.25, 0.3) is 0 Å². The Bertz CT molecular complexity index is 165. The van der Waals surface area contributed by atoms with Crippen LogP contribution in [-0.4, -0.2) is 43.7 Å². The van der Waals surface area contributed by atoms with E-state index in [0.29, 0.717) is 6.04 Å². The number of hydrogen-bond donors (Lipinski definition) is 2. The van der Waals surface area contributed by atoms with Crippen LogP contribution in [0.25, 0.3) is 0 Å². The Morgan fingerprint density at radius 1 is 1.31 bits per heavy atom. The molecule has 1 saturated heterocycles. The summed E-state index contributed by atoms with van der Waals surface area (Å²) >= 11 is 0. The van der Waals surface area contributed by atoms with Crippen molar-refractivity contribution in [2.45, 2.75) is 45.6 Å². The van der Waals surface area contributed by atoms with Gasteiger partial charge in [-0.1, -0.05) is 6.92 Å². The van der Waals surface area contributed by atoms with E-state index in [4.69, 9.17) is 5.73 Å². The maximum Gasteiger partial charge on any atom is 0.00679 e. The number of piperidine rings is 1. The Hall–Kier alpha value is -0.120. The Labute approximate surface area is 101 Å². The molecule has 1 rings (SSSR count). The molecule has 0 radical (unpaired) electrons. The second-order valence-corrected chi connectivity index (χ2v) is 5.01. The summed E-state index contributed by atoms with van der Waals surface area (Å²) < 4.78 is 0. The van der Waals surface area contributed by atoms with Crippen molar-refractivity contribution in [2.75, 3.05) is 32.7 Å². The minimum atomic E-state index is 0.678. The lowest BCUT2D eigenvalue weighted by Gasteiger charge is -2.34. The number of nitrogens with two attached hydrogens (primary N) is 1. The van der Waals surface area contributed by atoms with Crippen molar-refractivity contribution in [2.24, 2.45) is 11.7 Å². The zero-order chi connectivity index (χ0) is 11.8. The van der Waals surface area contributed by atoms with Crippen LogP contribution in [0.15, 0.2) is 0 Å². The number of unbranched alkanes of at least 4 members (excludes halogenated alkanes) is 1. The van der Waals surface area contributed by atoms with E-state index >= 15 is 0 Å². The summed E-state index contributed by atoms with van der Waals surface area (Å²) in [6.07, 6.45) is 5.08. The van der Waals surface area contributed by atoms with Gasteiger partial charge in [-0.05, 0) is 71.2 Å². The number of likely N-dealkylation sites (tertiary alicyclic amines) is 1. The van der Waals surface area contributed by atoms with Crippen LogP contribution >= 0.6 is 0 Å². The van der Waals surface area contributed by atoms with Gasteiger partial charge in [-0.25, -0.2) is 0 Å². The third-order valence-corrected chi connectivity index (χ3v) is 3.88. The van der Waals surface area contributed by atoms with Gasteiger partial charge in [-0.15, -0.1) is 0 Å². The fourth-order valence-electron chi connectivity index (χ4n) is 2.53. The van der Waals surface area contributed by atoms with Crippen LogP contribution in [-0.2, 0) is 0 Å². The first-order valence-corrected chi connectivity index (χ1v) is 6.93. The summed E-state index contributed by atoms with van der Waals surface area (Å²) in [7, 11) is 0. The van der Waals surface area contributed by atoms with Gasteiger partial charge in [0.1, 0.15) is 0 Å². The first-order chi connectivity index (χ1) is 7.77. The molecular weight excluding hydrogens is 198 g/mol. The second kappa shape index (κ2) is 8.04. The van der Waals surface area contributed by atoms with Crippen LogP contribution in [0.2, 0.25) is 0 Å². The third-order valence-electron chi connectivity index (χ3n) is 3.88. The van der Waals surface area contributed by atoms with Crippen LogP contribution in [0.3, 0.4) is 0 Å². The Morgan fingerprint density at radius 3 is 2.56 bits per heavy atom. The van der Waals surface area contributed by atoms with Gasteiger partial charge in [-0.2, -0.15) is 0 Å². The second-order valence-electron chi connectivity index (χ2n) is 5.01. The molecular formula is C13H29N3. The van der Waals surface area contributed by atoms with Gasteiger partial charge in [0.2, 0.25) is 0 Å². The molecule has 0 aromatic rings. The highest BCUT2D eigenvalue weighted by Crippen LogP contribution is 2.20. The van der Waals surface area contributed by atoms with Crippen molar-refractivity contribution in [3.8, 4) is 0 Å². The Balaban J connectivity index is 2.10. The molecule has 3 heteroatoms. The summed E-state index contributed by atoms with van der Waals surface area (Å²) in [5.74, 6) is 0.876. The highest BCUT2D eigenvalue weighted by Gasteiger charge is 2.22.